The Balaban J connectivity index is 2.26. The molecule has 0 bridgehead atoms. The molecule has 16 heavy (non-hydrogen) atoms. The van der Waals surface area contributed by atoms with Gasteiger partial charge in [-0.3, -0.25) is 4.79 Å². The molecule has 1 heterocycles. The summed E-state index contributed by atoms with van der Waals surface area (Å²) in [5.41, 5.74) is 5.71. The van der Waals surface area contributed by atoms with Crippen LogP contribution < -0.4 is 16.2 Å². The normalized spacial score (nSPS) is 17.2. The fraction of sp³-hybridized carbons (Fsp3) is 0.636. The van der Waals surface area contributed by atoms with Crippen molar-refractivity contribution in [2.24, 2.45) is 5.73 Å². The van der Waals surface area contributed by atoms with Crippen LogP contribution in [0.15, 0.2) is 17.2 Å². The van der Waals surface area contributed by atoms with E-state index >= 15 is 0 Å². The number of likely N-dealkylation sites (N-methyl/N-ethyl adjacent to an activating group) is 1. The number of nitrogens with zero attached hydrogens (tertiary/aromatic N) is 3. The van der Waals surface area contributed by atoms with Gasteiger partial charge in [-0.05, 0) is 19.8 Å². The SMILES string of the molecule is CC(N)CN(C)c1nccn(C2CC2)c1=O. The van der Waals surface area contributed by atoms with Crippen LogP contribution in [0.2, 0.25) is 0 Å². The van der Waals surface area contributed by atoms with Gasteiger partial charge in [0.25, 0.3) is 5.56 Å². The van der Waals surface area contributed by atoms with E-state index in [1.165, 1.54) is 0 Å². The van der Waals surface area contributed by atoms with Crippen LogP contribution in [0, 0.1) is 0 Å². The molecule has 0 radical (unpaired) electrons. The number of hydrogen-bond donors (Lipinski definition) is 1. The summed E-state index contributed by atoms with van der Waals surface area (Å²) >= 11 is 0. The van der Waals surface area contributed by atoms with Gasteiger partial charge in [0, 0.05) is 38.1 Å². The molecule has 2 rings (SSSR count). The zero-order valence-electron chi connectivity index (χ0n) is 9.76. The first-order valence-corrected chi connectivity index (χ1v) is 5.63. The Kier molecular flexibility index (Phi) is 2.96. The molecule has 1 fully saturated rings. The molecule has 0 saturated heterocycles. The fourth-order valence-electron chi connectivity index (χ4n) is 1.83. The lowest BCUT2D eigenvalue weighted by Gasteiger charge is -2.20. The molecule has 1 unspecified atom stereocenters. The first-order valence-electron chi connectivity index (χ1n) is 5.63. The monoisotopic (exact) mass is 222 g/mol. The van der Waals surface area contributed by atoms with E-state index in [1.54, 1.807) is 17.0 Å². The molecule has 0 spiro atoms. The molecule has 1 aromatic rings. The summed E-state index contributed by atoms with van der Waals surface area (Å²) in [4.78, 5) is 18.1. The molecule has 2 N–H and O–H groups in total. The summed E-state index contributed by atoms with van der Waals surface area (Å²) in [5, 5.41) is 0. The second-order valence-corrected chi connectivity index (χ2v) is 4.55. The van der Waals surface area contributed by atoms with Crippen molar-refractivity contribution in [3.63, 3.8) is 0 Å². The molecule has 88 valence electrons. The highest BCUT2D eigenvalue weighted by Crippen LogP contribution is 2.33. The minimum atomic E-state index is -0.00634. The highest BCUT2D eigenvalue weighted by molar-refractivity contribution is 5.34. The number of nitrogens with two attached hydrogens (primary N) is 1. The lowest BCUT2D eigenvalue weighted by Crippen LogP contribution is -2.37. The third kappa shape index (κ3) is 2.24. The number of aromatic nitrogens is 2. The standard InChI is InChI=1S/C11H18N4O/c1-8(12)7-14(2)10-11(16)15(6-5-13-10)9-3-4-9/h5-6,8-9H,3-4,7,12H2,1-2H3. The molecular weight excluding hydrogens is 204 g/mol. The van der Waals surface area contributed by atoms with Gasteiger partial charge in [-0.25, -0.2) is 4.98 Å². The second kappa shape index (κ2) is 4.25. The average Bonchev–Trinajstić information content (AvgIpc) is 3.00. The Bertz CT molecular complexity index is 422. The van der Waals surface area contributed by atoms with Gasteiger partial charge in [0.2, 0.25) is 0 Å². The first-order chi connectivity index (χ1) is 7.59. The van der Waals surface area contributed by atoms with Gasteiger partial charge >= 0.3 is 0 Å². The highest BCUT2D eigenvalue weighted by atomic mass is 16.1. The Morgan fingerprint density at radius 1 is 1.69 bits per heavy atom. The van der Waals surface area contributed by atoms with E-state index in [-0.39, 0.29) is 11.6 Å². The Labute approximate surface area is 94.9 Å². The molecule has 1 aliphatic carbocycles. The molecular formula is C11H18N4O. The van der Waals surface area contributed by atoms with E-state index < -0.39 is 0 Å². The molecule has 5 nitrogen and oxygen atoms in total. The van der Waals surface area contributed by atoms with Gasteiger partial charge in [-0.2, -0.15) is 0 Å². The van der Waals surface area contributed by atoms with Crippen LogP contribution in [0.25, 0.3) is 0 Å². The van der Waals surface area contributed by atoms with E-state index in [0.29, 0.717) is 18.4 Å². The Morgan fingerprint density at radius 3 is 2.94 bits per heavy atom. The van der Waals surface area contributed by atoms with Gasteiger partial charge in [0.15, 0.2) is 5.82 Å². The summed E-state index contributed by atoms with van der Waals surface area (Å²) < 4.78 is 1.78. The van der Waals surface area contributed by atoms with E-state index in [0.717, 1.165) is 12.8 Å². The molecule has 0 aliphatic heterocycles. The van der Waals surface area contributed by atoms with Crippen molar-refractivity contribution in [1.82, 2.24) is 9.55 Å². The van der Waals surface area contributed by atoms with Gasteiger partial charge in [-0.15, -0.1) is 0 Å². The minimum absolute atomic E-state index is 0.00634. The van der Waals surface area contributed by atoms with Gasteiger partial charge in [0.05, 0.1) is 0 Å². The number of hydrogen-bond acceptors (Lipinski definition) is 4. The Hall–Kier alpha value is -1.36. The molecule has 1 saturated carbocycles. The van der Waals surface area contributed by atoms with E-state index in [4.69, 9.17) is 5.73 Å². The van der Waals surface area contributed by atoms with Crippen LogP contribution in [0.1, 0.15) is 25.8 Å². The van der Waals surface area contributed by atoms with Crippen molar-refractivity contribution >= 4 is 5.82 Å². The zero-order chi connectivity index (χ0) is 11.7. The van der Waals surface area contributed by atoms with Gasteiger partial charge in [0.1, 0.15) is 0 Å². The van der Waals surface area contributed by atoms with Crippen molar-refractivity contribution in [3.05, 3.63) is 22.7 Å². The molecule has 1 aliphatic rings. The van der Waals surface area contributed by atoms with Crippen molar-refractivity contribution in [2.45, 2.75) is 31.8 Å². The summed E-state index contributed by atoms with van der Waals surface area (Å²) in [7, 11) is 1.85. The number of anilines is 1. The quantitative estimate of drug-likeness (QED) is 0.799. The third-order valence-electron chi connectivity index (χ3n) is 2.71. The van der Waals surface area contributed by atoms with E-state index in [9.17, 15) is 4.79 Å². The smallest absolute Gasteiger partial charge is 0.293 e. The predicted octanol–water partition coefficient (Wildman–Crippen LogP) is 0.362. The van der Waals surface area contributed by atoms with Crippen molar-refractivity contribution in [3.8, 4) is 0 Å². The van der Waals surface area contributed by atoms with Crippen molar-refractivity contribution in [1.29, 1.82) is 0 Å². The summed E-state index contributed by atoms with van der Waals surface area (Å²) in [6, 6.07) is 0.415. The van der Waals surface area contributed by atoms with Crippen LogP contribution in [-0.2, 0) is 0 Å². The van der Waals surface area contributed by atoms with Crippen molar-refractivity contribution in [2.75, 3.05) is 18.5 Å². The van der Waals surface area contributed by atoms with Crippen LogP contribution in [0.5, 0.6) is 0 Å². The average molecular weight is 222 g/mol. The minimum Gasteiger partial charge on any atom is -0.354 e. The van der Waals surface area contributed by atoms with Gasteiger partial charge in [-0.1, -0.05) is 0 Å². The largest absolute Gasteiger partial charge is 0.354 e. The maximum atomic E-state index is 12.1. The van der Waals surface area contributed by atoms with E-state index in [2.05, 4.69) is 4.98 Å². The molecule has 5 heteroatoms. The Morgan fingerprint density at radius 2 is 2.38 bits per heavy atom. The second-order valence-electron chi connectivity index (χ2n) is 4.55. The first kappa shape index (κ1) is 11.1. The lowest BCUT2D eigenvalue weighted by molar-refractivity contribution is 0.672. The maximum Gasteiger partial charge on any atom is 0.293 e. The van der Waals surface area contributed by atoms with Crippen LogP contribution >= 0.6 is 0 Å². The number of rotatable bonds is 4. The van der Waals surface area contributed by atoms with Crippen molar-refractivity contribution < 1.29 is 0 Å². The maximum absolute atomic E-state index is 12.1. The fourth-order valence-corrected chi connectivity index (χ4v) is 1.83. The van der Waals surface area contributed by atoms with E-state index in [1.807, 2.05) is 18.9 Å². The third-order valence-corrected chi connectivity index (χ3v) is 2.71. The zero-order valence-corrected chi connectivity index (χ0v) is 9.76. The summed E-state index contributed by atoms with van der Waals surface area (Å²) in [6.45, 7) is 2.55. The summed E-state index contributed by atoms with van der Waals surface area (Å²) in [5.74, 6) is 0.492. The van der Waals surface area contributed by atoms with Gasteiger partial charge < -0.3 is 15.2 Å². The molecule has 1 aromatic heterocycles. The topological polar surface area (TPSA) is 64.2 Å². The molecule has 0 aromatic carbocycles. The molecule has 1 atom stereocenters. The predicted molar refractivity (Wildman–Crippen MR) is 63.7 cm³/mol. The van der Waals surface area contributed by atoms with Crippen LogP contribution in [-0.4, -0.2) is 29.2 Å². The molecule has 0 amide bonds. The lowest BCUT2D eigenvalue weighted by atomic mass is 10.3. The highest BCUT2D eigenvalue weighted by Gasteiger charge is 2.25. The van der Waals surface area contributed by atoms with Crippen LogP contribution in [0.4, 0.5) is 5.82 Å². The summed E-state index contributed by atoms with van der Waals surface area (Å²) in [6.07, 6.45) is 5.65. The van der Waals surface area contributed by atoms with Crippen LogP contribution in [0.3, 0.4) is 0 Å².